The zero-order valence-electron chi connectivity index (χ0n) is 12.9. The van der Waals surface area contributed by atoms with E-state index in [-0.39, 0.29) is 24.4 Å². The summed E-state index contributed by atoms with van der Waals surface area (Å²) in [6.07, 6.45) is 5.42. The van der Waals surface area contributed by atoms with E-state index in [1.165, 1.54) is 5.56 Å². The maximum Gasteiger partial charge on any atom is 0.224 e. The van der Waals surface area contributed by atoms with Crippen molar-refractivity contribution in [2.45, 2.75) is 32.4 Å². The molecule has 1 aliphatic heterocycles. The molecule has 7 heteroatoms. The monoisotopic (exact) mass is 315 g/mol. The number of nitrogens with two attached hydrogens (primary N) is 1. The van der Waals surface area contributed by atoms with E-state index >= 15 is 0 Å². The highest BCUT2D eigenvalue weighted by Gasteiger charge is 2.19. The number of hydrogen-bond donors (Lipinski definition) is 1. The fraction of sp³-hybridized carbons (Fsp3) is 0.714. The average molecular weight is 316 g/mol. The van der Waals surface area contributed by atoms with Crippen LogP contribution in [0.3, 0.4) is 0 Å². The number of rotatable bonds is 4. The fourth-order valence-corrected chi connectivity index (χ4v) is 2.59. The molecule has 1 amide bonds. The molecular formula is C14H26ClN5O. The van der Waals surface area contributed by atoms with Gasteiger partial charge in [0, 0.05) is 64.0 Å². The van der Waals surface area contributed by atoms with E-state index in [2.05, 4.69) is 10.00 Å². The smallest absolute Gasteiger partial charge is 0.224 e. The van der Waals surface area contributed by atoms with Gasteiger partial charge in [-0.25, -0.2) is 0 Å². The largest absolute Gasteiger partial charge is 0.341 e. The number of carbonyl (C=O) groups is 1. The van der Waals surface area contributed by atoms with E-state index in [0.29, 0.717) is 6.42 Å². The Bertz CT molecular complexity index is 448. The summed E-state index contributed by atoms with van der Waals surface area (Å²) in [5.74, 6) is 0.184. The number of nitrogens with zero attached hydrogens (tertiary/aromatic N) is 4. The van der Waals surface area contributed by atoms with Gasteiger partial charge in [-0.1, -0.05) is 0 Å². The molecule has 0 aliphatic carbocycles. The van der Waals surface area contributed by atoms with Crippen molar-refractivity contribution in [1.29, 1.82) is 0 Å². The van der Waals surface area contributed by atoms with Crippen LogP contribution in [0, 0.1) is 0 Å². The highest BCUT2D eigenvalue weighted by Crippen LogP contribution is 2.09. The average Bonchev–Trinajstić information content (AvgIpc) is 2.63. The molecule has 1 unspecified atom stereocenters. The number of carbonyl (C=O) groups excluding carboxylic acids is 1. The molecule has 1 aliphatic rings. The molecule has 1 aromatic heterocycles. The Morgan fingerprint density at radius 2 is 2.14 bits per heavy atom. The Hall–Kier alpha value is -1.11. The van der Waals surface area contributed by atoms with Crippen LogP contribution in [0.2, 0.25) is 0 Å². The molecular weight excluding hydrogens is 290 g/mol. The van der Waals surface area contributed by atoms with E-state index < -0.39 is 0 Å². The first-order valence-electron chi connectivity index (χ1n) is 7.28. The first-order chi connectivity index (χ1) is 9.54. The first-order valence-corrected chi connectivity index (χ1v) is 7.28. The van der Waals surface area contributed by atoms with Gasteiger partial charge < -0.3 is 10.6 Å². The minimum absolute atomic E-state index is 0. The summed E-state index contributed by atoms with van der Waals surface area (Å²) in [6.45, 7) is 6.37. The predicted molar refractivity (Wildman–Crippen MR) is 85.2 cm³/mol. The van der Waals surface area contributed by atoms with Crippen molar-refractivity contribution in [3.63, 3.8) is 0 Å². The van der Waals surface area contributed by atoms with Crippen LogP contribution in [0.15, 0.2) is 12.4 Å². The lowest BCUT2D eigenvalue weighted by molar-refractivity contribution is -0.131. The number of halogens is 1. The Morgan fingerprint density at radius 3 is 2.76 bits per heavy atom. The van der Waals surface area contributed by atoms with Crippen molar-refractivity contribution in [2.24, 2.45) is 12.8 Å². The molecule has 21 heavy (non-hydrogen) atoms. The lowest BCUT2D eigenvalue weighted by Crippen LogP contribution is -2.37. The summed E-state index contributed by atoms with van der Waals surface area (Å²) in [6, 6.07) is -0.0581. The molecule has 1 fully saturated rings. The van der Waals surface area contributed by atoms with Gasteiger partial charge in [-0.05, 0) is 13.3 Å². The third-order valence-corrected chi connectivity index (χ3v) is 3.60. The molecule has 2 heterocycles. The second-order valence-electron chi connectivity index (χ2n) is 5.71. The van der Waals surface area contributed by atoms with Gasteiger partial charge in [0.15, 0.2) is 0 Å². The summed E-state index contributed by atoms with van der Waals surface area (Å²) < 4.78 is 1.83. The van der Waals surface area contributed by atoms with Gasteiger partial charge in [0.25, 0.3) is 0 Å². The second kappa shape index (κ2) is 8.36. The molecule has 0 saturated carbocycles. The maximum atomic E-state index is 12.0. The van der Waals surface area contributed by atoms with Crippen LogP contribution >= 0.6 is 12.4 Å². The summed E-state index contributed by atoms with van der Waals surface area (Å²) in [5.41, 5.74) is 6.93. The molecule has 0 spiro atoms. The van der Waals surface area contributed by atoms with Gasteiger partial charge in [0.05, 0.1) is 6.20 Å². The molecule has 2 rings (SSSR count). The summed E-state index contributed by atoms with van der Waals surface area (Å²) in [5, 5.41) is 4.19. The quantitative estimate of drug-likeness (QED) is 0.884. The van der Waals surface area contributed by atoms with E-state index in [4.69, 9.17) is 5.73 Å². The third kappa shape index (κ3) is 5.65. The molecule has 2 N–H and O–H groups in total. The fourth-order valence-electron chi connectivity index (χ4n) is 2.59. The summed E-state index contributed by atoms with van der Waals surface area (Å²) in [7, 11) is 1.93. The molecule has 0 radical (unpaired) electrons. The molecule has 120 valence electrons. The highest BCUT2D eigenvalue weighted by molar-refractivity contribution is 5.85. The van der Waals surface area contributed by atoms with Crippen molar-refractivity contribution >= 4 is 18.3 Å². The molecule has 0 aromatic carbocycles. The Kier molecular flexibility index (Phi) is 7.14. The number of amides is 1. The lowest BCUT2D eigenvalue weighted by atomic mass is 10.2. The van der Waals surface area contributed by atoms with Crippen LogP contribution in [-0.2, 0) is 18.4 Å². The van der Waals surface area contributed by atoms with Crippen LogP contribution in [0.25, 0.3) is 0 Å². The van der Waals surface area contributed by atoms with Crippen LogP contribution in [0.4, 0.5) is 0 Å². The van der Waals surface area contributed by atoms with Gasteiger partial charge in [-0.3, -0.25) is 14.4 Å². The van der Waals surface area contributed by atoms with Crippen molar-refractivity contribution in [1.82, 2.24) is 19.6 Å². The number of hydrogen-bond acceptors (Lipinski definition) is 4. The Labute approximate surface area is 132 Å². The Balaban J connectivity index is 0.00000220. The van der Waals surface area contributed by atoms with Crippen LogP contribution in [-0.4, -0.2) is 57.7 Å². The van der Waals surface area contributed by atoms with Crippen molar-refractivity contribution in [2.75, 3.05) is 26.2 Å². The van der Waals surface area contributed by atoms with Gasteiger partial charge >= 0.3 is 0 Å². The predicted octanol–water partition coefficient (Wildman–Crippen LogP) is 0.614. The normalized spacial score (nSPS) is 18.0. The van der Waals surface area contributed by atoms with Crippen LogP contribution < -0.4 is 5.73 Å². The SMILES string of the molecule is CC(N)CC(=O)N1CCCN(Cc2cnn(C)c2)CC1.Cl. The number of aromatic nitrogens is 2. The van der Waals surface area contributed by atoms with Gasteiger partial charge in [-0.2, -0.15) is 5.10 Å². The maximum absolute atomic E-state index is 12.0. The molecule has 1 aromatic rings. The zero-order chi connectivity index (χ0) is 14.5. The van der Waals surface area contributed by atoms with E-state index in [1.807, 2.05) is 35.9 Å². The van der Waals surface area contributed by atoms with Crippen LogP contribution in [0.1, 0.15) is 25.3 Å². The van der Waals surface area contributed by atoms with Gasteiger partial charge in [0.1, 0.15) is 0 Å². The molecule has 1 atom stereocenters. The zero-order valence-corrected chi connectivity index (χ0v) is 13.7. The van der Waals surface area contributed by atoms with Crippen molar-refractivity contribution < 1.29 is 4.79 Å². The summed E-state index contributed by atoms with van der Waals surface area (Å²) >= 11 is 0. The van der Waals surface area contributed by atoms with E-state index in [0.717, 1.165) is 39.1 Å². The van der Waals surface area contributed by atoms with Crippen molar-refractivity contribution in [3.8, 4) is 0 Å². The first kappa shape index (κ1) is 17.9. The van der Waals surface area contributed by atoms with Crippen LogP contribution in [0.5, 0.6) is 0 Å². The van der Waals surface area contributed by atoms with Gasteiger partial charge in [0.2, 0.25) is 5.91 Å². The number of aryl methyl sites for hydroxylation is 1. The minimum Gasteiger partial charge on any atom is -0.341 e. The Morgan fingerprint density at radius 1 is 1.38 bits per heavy atom. The van der Waals surface area contributed by atoms with Crippen molar-refractivity contribution in [3.05, 3.63) is 18.0 Å². The lowest BCUT2D eigenvalue weighted by Gasteiger charge is -2.22. The molecule has 1 saturated heterocycles. The minimum atomic E-state index is -0.0581. The van der Waals surface area contributed by atoms with E-state index in [9.17, 15) is 4.79 Å². The van der Waals surface area contributed by atoms with E-state index in [1.54, 1.807) is 0 Å². The highest BCUT2D eigenvalue weighted by atomic mass is 35.5. The molecule has 6 nitrogen and oxygen atoms in total. The van der Waals surface area contributed by atoms with Gasteiger partial charge in [-0.15, -0.1) is 12.4 Å². The summed E-state index contributed by atoms with van der Waals surface area (Å²) in [4.78, 5) is 16.4. The topological polar surface area (TPSA) is 67.4 Å². The second-order valence-corrected chi connectivity index (χ2v) is 5.71. The molecule has 0 bridgehead atoms. The third-order valence-electron chi connectivity index (χ3n) is 3.60. The standard InChI is InChI=1S/C14H25N5O.ClH/c1-12(15)8-14(20)19-5-3-4-18(6-7-19)11-13-9-16-17(2)10-13;/h9-10,12H,3-8,11,15H2,1-2H3;1H.